The van der Waals surface area contributed by atoms with Crippen LogP contribution >= 0.6 is 0 Å². The number of hydrogen-bond acceptors (Lipinski definition) is 9. The monoisotopic (exact) mass is 732 g/mol. The van der Waals surface area contributed by atoms with Gasteiger partial charge in [0.15, 0.2) is 11.5 Å². The summed E-state index contributed by atoms with van der Waals surface area (Å²) in [5, 5.41) is 25.5. The lowest BCUT2D eigenvalue weighted by atomic mass is 9.82. The van der Waals surface area contributed by atoms with Crippen LogP contribution in [-0.2, 0) is 27.7 Å². The largest absolute Gasteiger partial charge is 0.361 e. The van der Waals surface area contributed by atoms with Crippen molar-refractivity contribution in [3.63, 3.8) is 0 Å². The number of rotatable bonds is 18. The summed E-state index contributed by atoms with van der Waals surface area (Å²) in [4.78, 5) is 14.6. The molecule has 0 radical (unpaired) electrons. The molecule has 14 heteroatoms. The molecule has 2 aliphatic carbocycles. The third-order valence-electron chi connectivity index (χ3n) is 10.2. The highest BCUT2D eigenvalue weighted by Gasteiger charge is 2.50. The average Bonchev–Trinajstić information content (AvgIpc) is 3.97. The van der Waals surface area contributed by atoms with E-state index in [0.717, 1.165) is 72.6 Å². The minimum atomic E-state index is -1.30. The fraction of sp³-hybridized carbons (Fsp3) is 0.622. The van der Waals surface area contributed by atoms with Crippen molar-refractivity contribution < 1.29 is 18.9 Å². The first-order valence-electron chi connectivity index (χ1n) is 18.5. The Balaban J connectivity index is 1.24. The minimum Gasteiger partial charge on any atom is -0.361 e. The second-order valence-corrected chi connectivity index (χ2v) is 28.3. The molecule has 2 aliphatic rings. The summed E-state index contributed by atoms with van der Waals surface area (Å²) < 4.78 is 21.2. The molecule has 0 saturated heterocycles. The van der Waals surface area contributed by atoms with Crippen LogP contribution in [0, 0.1) is 38.5 Å². The van der Waals surface area contributed by atoms with Crippen LogP contribution in [0.15, 0.2) is 28.9 Å². The molecule has 1 atom stereocenters. The standard InChI is InChI=1S/C37H56N8O4Si2/c1-24-31(26(3)45(41-24)23-48-19-21-51(7,8)9)27-14-16-30(17-15-27)38-37(46)33(32(28-10-11-28)29-12-13-29)35-39-40-36(34-25(2)42-49-43-34)44(35)22-47-18-20-50(4,5)6/h14-17,28-29,32-33H,10-13,18-23H2,1-9H3,(H,38,46). The number of nitrogens with one attached hydrogen (secondary N) is 1. The van der Waals surface area contributed by atoms with Crippen molar-refractivity contribution in [2.75, 3.05) is 18.5 Å². The second-order valence-electron chi connectivity index (χ2n) is 17.0. The maximum absolute atomic E-state index is 14.6. The number of benzene rings is 1. The molecule has 1 N–H and O–H groups in total. The molecule has 1 amide bonds. The molecule has 2 fully saturated rings. The number of hydrogen-bond donors (Lipinski definition) is 1. The number of amides is 1. The van der Waals surface area contributed by atoms with Crippen LogP contribution in [-0.4, -0.2) is 70.1 Å². The maximum atomic E-state index is 14.6. The molecule has 3 aromatic heterocycles. The molecule has 3 heterocycles. The van der Waals surface area contributed by atoms with Crippen molar-refractivity contribution in [2.45, 2.75) is 117 Å². The first-order valence-corrected chi connectivity index (χ1v) is 25.9. The first-order chi connectivity index (χ1) is 24.2. The van der Waals surface area contributed by atoms with Gasteiger partial charge in [-0.1, -0.05) is 56.6 Å². The van der Waals surface area contributed by atoms with Gasteiger partial charge in [0.2, 0.25) is 5.91 Å². The molecule has 2 saturated carbocycles. The van der Waals surface area contributed by atoms with Crippen LogP contribution in [0.25, 0.3) is 22.6 Å². The average molecular weight is 733 g/mol. The van der Waals surface area contributed by atoms with Gasteiger partial charge in [0.05, 0.1) is 5.69 Å². The summed E-state index contributed by atoms with van der Waals surface area (Å²) in [7, 11) is -2.46. The lowest BCUT2D eigenvalue weighted by Crippen LogP contribution is -2.33. The van der Waals surface area contributed by atoms with E-state index in [1.54, 1.807) is 0 Å². The normalized spacial score (nSPS) is 15.9. The van der Waals surface area contributed by atoms with Crippen LogP contribution in [0.1, 0.15) is 54.5 Å². The maximum Gasteiger partial charge on any atom is 0.235 e. The number of aromatic nitrogens is 7. The summed E-state index contributed by atoms with van der Waals surface area (Å²) in [5.74, 6) is 1.74. The smallest absolute Gasteiger partial charge is 0.235 e. The highest BCUT2D eigenvalue weighted by atomic mass is 28.3. The van der Waals surface area contributed by atoms with Gasteiger partial charge in [0, 0.05) is 46.3 Å². The third kappa shape index (κ3) is 9.32. The van der Waals surface area contributed by atoms with Gasteiger partial charge in [0.1, 0.15) is 30.9 Å². The molecule has 276 valence electrons. The summed E-state index contributed by atoms with van der Waals surface area (Å²) in [5.41, 5.74) is 6.03. The van der Waals surface area contributed by atoms with E-state index in [0.29, 0.717) is 48.2 Å². The molecule has 6 rings (SSSR count). The molecular weight excluding hydrogens is 677 g/mol. The number of carbonyl (C=O) groups excluding carboxylic acids is 1. The Morgan fingerprint density at radius 2 is 1.47 bits per heavy atom. The van der Waals surface area contributed by atoms with E-state index in [-0.39, 0.29) is 18.6 Å². The zero-order valence-corrected chi connectivity index (χ0v) is 34.0. The van der Waals surface area contributed by atoms with Crippen LogP contribution in [0.2, 0.25) is 51.4 Å². The molecule has 4 aromatic rings. The van der Waals surface area contributed by atoms with Gasteiger partial charge in [0.25, 0.3) is 0 Å². The van der Waals surface area contributed by atoms with E-state index in [4.69, 9.17) is 24.3 Å². The Bertz CT molecular complexity index is 1780. The molecule has 0 bridgehead atoms. The highest BCUT2D eigenvalue weighted by Crippen LogP contribution is 2.55. The number of carbonyl (C=O) groups is 1. The Labute approximate surface area is 304 Å². The van der Waals surface area contributed by atoms with Crippen LogP contribution in [0.5, 0.6) is 0 Å². The summed E-state index contributed by atoms with van der Waals surface area (Å²) in [6.45, 7) is 22.1. The van der Waals surface area contributed by atoms with Gasteiger partial charge in [-0.05, 0) is 99.1 Å². The van der Waals surface area contributed by atoms with Gasteiger partial charge in [-0.15, -0.1) is 10.2 Å². The molecule has 0 spiro atoms. The van der Waals surface area contributed by atoms with E-state index < -0.39 is 22.1 Å². The molecule has 51 heavy (non-hydrogen) atoms. The number of nitrogens with zero attached hydrogens (tertiary/aromatic N) is 7. The zero-order valence-electron chi connectivity index (χ0n) is 32.0. The van der Waals surface area contributed by atoms with Crippen molar-refractivity contribution in [1.82, 2.24) is 34.9 Å². The Kier molecular flexibility index (Phi) is 11.2. The van der Waals surface area contributed by atoms with E-state index in [9.17, 15) is 4.79 Å². The second kappa shape index (κ2) is 15.3. The summed E-state index contributed by atoms with van der Waals surface area (Å²) in [6.07, 6.45) is 4.54. The number of anilines is 1. The topological polar surface area (TPSA) is 135 Å². The predicted octanol–water partition coefficient (Wildman–Crippen LogP) is 7.90. The molecule has 1 aromatic carbocycles. The molecule has 0 aliphatic heterocycles. The summed E-state index contributed by atoms with van der Waals surface area (Å²) in [6, 6.07) is 10.2. The predicted molar refractivity (Wildman–Crippen MR) is 204 cm³/mol. The molecule has 1 unspecified atom stereocenters. The van der Waals surface area contributed by atoms with E-state index >= 15 is 0 Å². The van der Waals surface area contributed by atoms with Crippen molar-refractivity contribution in [3.8, 4) is 22.6 Å². The summed E-state index contributed by atoms with van der Waals surface area (Å²) >= 11 is 0. The van der Waals surface area contributed by atoms with Gasteiger partial charge in [-0.25, -0.2) is 9.31 Å². The Hall–Kier alpha value is -3.47. The van der Waals surface area contributed by atoms with E-state index in [2.05, 4.69) is 79.1 Å². The SMILES string of the molecule is Cc1nonc1-c1nnc(C(C(=O)Nc2ccc(-c3c(C)nn(COCC[Si](C)(C)C)c3C)cc2)C(C2CC2)C2CC2)n1COCC[Si](C)(C)C. The highest BCUT2D eigenvalue weighted by molar-refractivity contribution is 6.76. The van der Waals surface area contributed by atoms with Crippen molar-refractivity contribution in [3.05, 3.63) is 47.2 Å². The Morgan fingerprint density at radius 1 is 0.863 bits per heavy atom. The lowest BCUT2D eigenvalue weighted by Gasteiger charge is -2.27. The van der Waals surface area contributed by atoms with Gasteiger partial charge >= 0.3 is 0 Å². The third-order valence-corrected chi connectivity index (χ3v) is 13.6. The zero-order chi connectivity index (χ0) is 36.5. The molecular formula is C37H56N8O4Si2. The lowest BCUT2D eigenvalue weighted by molar-refractivity contribution is -0.119. The Morgan fingerprint density at radius 3 is 2.02 bits per heavy atom. The van der Waals surface area contributed by atoms with Gasteiger partial charge < -0.3 is 14.8 Å². The number of aryl methyl sites for hydroxylation is 2. The quantitative estimate of drug-likeness (QED) is 0.0800. The van der Waals surface area contributed by atoms with Crippen LogP contribution < -0.4 is 5.32 Å². The van der Waals surface area contributed by atoms with Crippen molar-refractivity contribution in [2.24, 2.45) is 17.8 Å². The van der Waals surface area contributed by atoms with Gasteiger partial charge in [-0.2, -0.15) is 5.10 Å². The fourth-order valence-corrected chi connectivity index (χ4v) is 8.40. The van der Waals surface area contributed by atoms with E-state index in [1.165, 1.54) is 0 Å². The van der Waals surface area contributed by atoms with Crippen LogP contribution in [0.4, 0.5) is 5.69 Å². The first kappa shape index (κ1) is 37.3. The van der Waals surface area contributed by atoms with E-state index in [1.807, 2.05) is 35.2 Å². The molecule has 12 nitrogen and oxygen atoms in total. The van der Waals surface area contributed by atoms with Crippen molar-refractivity contribution in [1.29, 1.82) is 0 Å². The fourth-order valence-electron chi connectivity index (χ4n) is 6.88. The van der Waals surface area contributed by atoms with Crippen molar-refractivity contribution >= 4 is 27.7 Å². The van der Waals surface area contributed by atoms with Gasteiger partial charge in [-0.3, -0.25) is 9.36 Å². The minimum absolute atomic E-state index is 0.0699. The van der Waals surface area contributed by atoms with Crippen LogP contribution in [0.3, 0.4) is 0 Å². The number of ether oxygens (including phenoxy) is 2.